The summed E-state index contributed by atoms with van der Waals surface area (Å²) in [6.45, 7) is 3.44. The van der Waals surface area contributed by atoms with Gasteiger partial charge in [-0.15, -0.1) is 0 Å². The van der Waals surface area contributed by atoms with Gasteiger partial charge in [0.2, 0.25) is 0 Å². The number of benzene rings is 2. The van der Waals surface area contributed by atoms with Crippen LogP contribution in [0.2, 0.25) is 0 Å². The zero-order chi connectivity index (χ0) is 14.7. The molecule has 0 saturated carbocycles. The zero-order valence-electron chi connectivity index (χ0n) is 12.2. The van der Waals surface area contributed by atoms with Gasteiger partial charge in [0.25, 0.3) is 0 Å². The van der Waals surface area contributed by atoms with Crippen molar-refractivity contribution in [3.8, 4) is 5.75 Å². The van der Waals surface area contributed by atoms with Crippen LogP contribution in [0.3, 0.4) is 0 Å². The average Bonchev–Trinajstić information content (AvgIpc) is 2.55. The number of ether oxygens (including phenoxy) is 1. The number of carbonyl (C=O) groups excluding carboxylic acids is 1. The molecular weight excluding hydrogens is 262 g/mol. The van der Waals surface area contributed by atoms with E-state index in [1.165, 1.54) is 16.7 Å². The van der Waals surface area contributed by atoms with E-state index in [1.54, 1.807) is 4.90 Å². The molecule has 0 atom stereocenters. The molecule has 3 heteroatoms. The molecule has 0 saturated heterocycles. The van der Waals surface area contributed by atoms with Gasteiger partial charge < -0.3 is 9.64 Å². The molecule has 0 radical (unpaired) electrons. The van der Waals surface area contributed by atoms with E-state index in [1.807, 2.05) is 36.4 Å². The highest BCUT2D eigenvalue weighted by atomic mass is 16.6. The van der Waals surface area contributed by atoms with E-state index >= 15 is 0 Å². The first-order chi connectivity index (χ1) is 10.3. The number of hydrogen-bond donors (Lipinski definition) is 0. The van der Waals surface area contributed by atoms with Crippen LogP contribution >= 0.6 is 0 Å². The lowest BCUT2D eigenvalue weighted by atomic mass is 10.0. The standard InChI is InChI=1S/C18H19NO2/c1-2-14-7-9-17(10-8-14)21-18(20)19-12-11-15-5-3-4-6-16(15)13-19/h3-10H,2,11-13H2,1H3. The third kappa shape index (κ3) is 3.07. The molecule has 2 aromatic carbocycles. The Morgan fingerprint density at radius 1 is 1.10 bits per heavy atom. The monoisotopic (exact) mass is 281 g/mol. The zero-order valence-corrected chi connectivity index (χ0v) is 12.2. The summed E-state index contributed by atoms with van der Waals surface area (Å²) in [4.78, 5) is 14.0. The minimum atomic E-state index is -0.270. The van der Waals surface area contributed by atoms with Gasteiger partial charge in [-0.1, -0.05) is 43.3 Å². The van der Waals surface area contributed by atoms with Crippen molar-refractivity contribution in [1.82, 2.24) is 4.90 Å². The summed E-state index contributed by atoms with van der Waals surface area (Å²) < 4.78 is 5.46. The van der Waals surface area contributed by atoms with Crippen LogP contribution in [0.5, 0.6) is 5.75 Å². The lowest BCUT2D eigenvalue weighted by Gasteiger charge is -2.27. The lowest BCUT2D eigenvalue weighted by molar-refractivity contribution is 0.147. The van der Waals surface area contributed by atoms with Gasteiger partial charge in [0.15, 0.2) is 0 Å². The second kappa shape index (κ2) is 6.00. The van der Waals surface area contributed by atoms with Gasteiger partial charge in [0.1, 0.15) is 5.75 Å². The average molecular weight is 281 g/mol. The van der Waals surface area contributed by atoms with Crippen LogP contribution in [0.4, 0.5) is 4.79 Å². The fraction of sp³-hybridized carbons (Fsp3) is 0.278. The van der Waals surface area contributed by atoms with Gasteiger partial charge in [0.05, 0.1) is 0 Å². The Balaban J connectivity index is 1.66. The molecular formula is C18H19NO2. The molecule has 1 heterocycles. The maximum absolute atomic E-state index is 12.2. The van der Waals surface area contributed by atoms with Crippen LogP contribution in [-0.2, 0) is 19.4 Å². The van der Waals surface area contributed by atoms with Crippen LogP contribution in [-0.4, -0.2) is 17.5 Å². The summed E-state index contributed by atoms with van der Waals surface area (Å²) in [5.74, 6) is 0.607. The van der Waals surface area contributed by atoms with Crippen LogP contribution in [0.1, 0.15) is 23.6 Å². The maximum Gasteiger partial charge on any atom is 0.415 e. The third-order valence-corrected chi connectivity index (χ3v) is 3.93. The molecule has 1 aliphatic rings. The molecule has 108 valence electrons. The molecule has 0 spiro atoms. The van der Waals surface area contributed by atoms with Gasteiger partial charge >= 0.3 is 6.09 Å². The van der Waals surface area contributed by atoms with Crippen LogP contribution in [0.25, 0.3) is 0 Å². The minimum absolute atomic E-state index is 0.270. The second-order valence-electron chi connectivity index (χ2n) is 5.31. The summed E-state index contributed by atoms with van der Waals surface area (Å²) in [5, 5.41) is 0. The summed E-state index contributed by atoms with van der Waals surface area (Å²) in [7, 11) is 0. The number of carbonyl (C=O) groups is 1. The van der Waals surface area contributed by atoms with E-state index < -0.39 is 0 Å². The lowest BCUT2D eigenvalue weighted by Crippen LogP contribution is -2.37. The third-order valence-electron chi connectivity index (χ3n) is 3.93. The minimum Gasteiger partial charge on any atom is -0.410 e. The summed E-state index contributed by atoms with van der Waals surface area (Å²) in [5.41, 5.74) is 3.78. The summed E-state index contributed by atoms with van der Waals surface area (Å²) >= 11 is 0. The number of nitrogens with zero attached hydrogens (tertiary/aromatic N) is 1. The molecule has 0 N–H and O–H groups in total. The van der Waals surface area contributed by atoms with Crippen LogP contribution < -0.4 is 4.74 Å². The van der Waals surface area contributed by atoms with E-state index in [0.717, 1.165) is 12.8 Å². The Morgan fingerprint density at radius 3 is 2.52 bits per heavy atom. The molecule has 1 aliphatic heterocycles. The van der Waals surface area contributed by atoms with Crippen LogP contribution in [0.15, 0.2) is 48.5 Å². The highest BCUT2D eigenvalue weighted by Gasteiger charge is 2.21. The van der Waals surface area contributed by atoms with E-state index in [9.17, 15) is 4.79 Å². The van der Waals surface area contributed by atoms with Crippen molar-refractivity contribution in [2.75, 3.05) is 6.54 Å². The molecule has 0 unspecified atom stereocenters. The Kier molecular flexibility index (Phi) is 3.91. The predicted molar refractivity (Wildman–Crippen MR) is 82.4 cm³/mol. The first-order valence-corrected chi connectivity index (χ1v) is 7.38. The van der Waals surface area contributed by atoms with Crippen molar-refractivity contribution in [2.45, 2.75) is 26.3 Å². The molecule has 1 amide bonds. The molecule has 0 aromatic heterocycles. The Bertz CT molecular complexity index is 634. The molecule has 21 heavy (non-hydrogen) atoms. The number of amides is 1. The molecule has 2 aromatic rings. The predicted octanol–water partition coefficient (Wildman–Crippen LogP) is 3.81. The van der Waals surface area contributed by atoms with Crippen molar-refractivity contribution < 1.29 is 9.53 Å². The van der Waals surface area contributed by atoms with Crippen molar-refractivity contribution in [1.29, 1.82) is 0 Å². The normalized spacial score (nSPS) is 13.7. The number of hydrogen-bond acceptors (Lipinski definition) is 2. The second-order valence-corrected chi connectivity index (χ2v) is 5.31. The highest BCUT2D eigenvalue weighted by Crippen LogP contribution is 2.20. The molecule has 3 rings (SSSR count). The van der Waals surface area contributed by atoms with Crippen molar-refractivity contribution in [3.63, 3.8) is 0 Å². The Hall–Kier alpha value is -2.29. The highest BCUT2D eigenvalue weighted by molar-refractivity contribution is 5.71. The molecule has 3 nitrogen and oxygen atoms in total. The first-order valence-electron chi connectivity index (χ1n) is 7.38. The van der Waals surface area contributed by atoms with E-state index in [2.05, 4.69) is 19.1 Å². The van der Waals surface area contributed by atoms with Crippen molar-refractivity contribution in [3.05, 3.63) is 65.2 Å². The molecule has 0 aliphatic carbocycles. The molecule has 0 bridgehead atoms. The number of aryl methyl sites for hydroxylation is 1. The quantitative estimate of drug-likeness (QED) is 0.837. The summed E-state index contributed by atoms with van der Waals surface area (Å²) in [6.07, 6.45) is 1.60. The number of fused-ring (bicyclic) bond motifs is 1. The van der Waals surface area contributed by atoms with Gasteiger partial charge in [0, 0.05) is 13.1 Å². The van der Waals surface area contributed by atoms with Gasteiger partial charge in [-0.05, 0) is 41.7 Å². The molecule has 0 fully saturated rings. The smallest absolute Gasteiger partial charge is 0.410 e. The van der Waals surface area contributed by atoms with Gasteiger partial charge in [-0.3, -0.25) is 0 Å². The Labute approximate surface area is 125 Å². The van der Waals surface area contributed by atoms with Gasteiger partial charge in [-0.25, -0.2) is 4.79 Å². The van der Waals surface area contributed by atoms with E-state index in [4.69, 9.17) is 4.74 Å². The SMILES string of the molecule is CCc1ccc(OC(=O)N2CCc3ccccc3C2)cc1. The Morgan fingerprint density at radius 2 is 1.81 bits per heavy atom. The first kappa shape index (κ1) is 13.7. The van der Waals surface area contributed by atoms with Crippen LogP contribution in [0, 0.1) is 0 Å². The largest absolute Gasteiger partial charge is 0.415 e. The number of rotatable bonds is 2. The van der Waals surface area contributed by atoms with Crippen molar-refractivity contribution >= 4 is 6.09 Å². The van der Waals surface area contributed by atoms with Crippen molar-refractivity contribution in [2.24, 2.45) is 0 Å². The van der Waals surface area contributed by atoms with E-state index in [-0.39, 0.29) is 6.09 Å². The van der Waals surface area contributed by atoms with E-state index in [0.29, 0.717) is 18.8 Å². The topological polar surface area (TPSA) is 29.5 Å². The fourth-order valence-corrected chi connectivity index (χ4v) is 2.61. The van der Waals surface area contributed by atoms with Gasteiger partial charge in [-0.2, -0.15) is 0 Å². The summed E-state index contributed by atoms with van der Waals surface area (Å²) in [6, 6.07) is 16.0. The maximum atomic E-state index is 12.2. The fourth-order valence-electron chi connectivity index (χ4n) is 2.61.